The molecule has 4 N–H and O–H groups in total. The molecule has 3 aromatic carbocycles. The van der Waals surface area contributed by atoms with Crippen molar-refractivity contribution in [3.63, 3.8) is 0 Å². The van der Waals surface area contributed by atoms with Gasteiger partial charge in [-0.1, -0.05) is 44.2 Å². The summed E-state index contributed by atoms with van der Waals surface area (Å²) in [4.78, 5) is 45.3. The molecule has 4 heterocycles. The fourth-order valence-corrected chi connectivity index (χ4v) is 10.6. The van der Waals surface area contributed by atoms with E-state index in [4.69, 9.17) is 14.7 Å². The smallest absolute Gasteiger partial charge is 0.407 e. The van der Waals surface area contributed by atoms with Gasteiger partial charge in [-0.15, -0.1) is 0 Å². The average Bonchev–Trinajstić information content (AvgIpc) is 3.63. The first-order valence-electron chi connectivity index (χ1n) is 20.0. The van der Waals surface area contributed by atoms with E-state index in [0.717, 1.165) is 66.0 Å². The summed E-state index contributed by atoms with van der Waals surface area (Å²) < 4.78 is 4.85. The number of H-pyrrole nitrogens is 2. The van der Waals surface area contributed by atoms with E-state index in [1.54, 1.807) is 0 Å². The van der Waals surface area contributed by atoms with Crippen molar-refractivity contribution in [3.8, 4) is 33.5 Å². The van der Waals surface area contributed by atoms with E-state index in [1.807, 2.05) is 24.9 Å². The van der Waals surface area contributed by atoms with Crippen LogP contribution in [0, 0.1) is 17.3 Å². The summed E-state index contributed by atoms with van der Waals surface area (Å²) in [5, 5.41) is 6.58. The number of hydrogen-bond donors (Lipinski definition) is 4. The highest BCUT2D eigenvalue weighted by atomic mass is 16.5. The lowest BCUT2D eigenvalue weighted by Crippen LogP contribution is -2.51. The van der Waals surface area contributed by atoms with Gasteiger partial charge in [0, 0.05) is 18.0 Å². The molecular formula is C44H47N7O3. The number of nitrogens with one attached hydrogen (secondary N) is 4. The van der Waals surface area contributed by atoms with E-state index in [2.05, 4.69) is 75.2 Å². The van der Waals surface area contributed by atoms with Crippen molar-refractivity contribution in [2.75, 3.05) is 13.7 Å². The minimum Gasteiger partial charge on any atom is -0.453 e. The molecule has 2 aromatic heterocycles. The zero-order valence-corrected chi connectivity index (χ0v) is 31.2. The van der Waals surface area contributed by atoms with Crippen molar-refractivity contribution in [3.05, 3.63) is 83.6 Å². The number of nitrogens with zero attached hydrogens (tertiary/aromatic N) is 3. The Hall–Kier alpha value is -4.96. The number of alkyl carbamates (subject to hydrolysis) is 1. The third-order valence-corrected chi connectivity index (χ3v) is 14.0. The number of rotatable bonds is 7. The Kier molecular flexibility index (Phi) is 6.93. The third-order valence-electron chi connectivity index (χ3n) is 14.0. The lowest BCUT2D eigenvalue weighted by atomic mass is 9.90. The number of ether oxygens (including phenoxy) is 1. The molecule has 0 unspecified atom stereocenters. The second-order valence-corrected chi connectivity index (χ2v) is 17.6. The molecule has 276 valence electrons. The van der Waals surface area contributed by atoms with Crippen LogP contribution < -0.4 is 10.6 Å². The van der Waals surface area contributed by atoms with Crippen LogP contribution in [0.15, 0.2) is 60.8 Å². The van der Waals surface area contributed by atoms with E-state index in [-0.39, 0.29) is 28.7 Å². The molecule has 5 aromatic rings. The zero-order chi connectivity index (χ0) is 36.5. The molecule has 11 rings (SSSR count). The Morgan fingerprint density at radius 3 is 2.33 bits per heavy atom. The van der Waals surface area contributed by atoms with Crippen LogP contribution in [0.4, 0.5) is 4.79 Å². The quantitative estimate of drug-likeness (QED) is 0.135. The van der Waals surface area contributed by atoms with Gasteiger partial charge in [0.25, 0.3) is 0 Å². The van der Waals surface area contributed by atoms with Crippen LogP contribution in [0.25, 0.3) is 44.5 Å². The fourth-order valence-electron chi connectivity index (χ4n) is 10.6. The number of carbonyl (C=O) groups excluding carboxylic acids is 2. The van der Waals surface area contributed by atoms with E-state index >= 15 is 0 Å². The van der Waals surface area contributed by atoms with Gasteiger partial charge in [0.05, 0.1) is 42.1 Å². The van der Waals surface area contributed by atoms with Gasteiger partial charge >= 0.3 is 6.09 Å². The maximum Gasteiger partial charge on any atom is 0.407 e. The molecule has 10 heteroatoms. The summed E-state index contributed by atoms with van der Waals surface area (Å²) in [6.07, 6.45) is 10.6. The number of imidazole rings is 2. The van der Waals surface area contributed by atoms with Gasteiger partial charge in [0.15, 0.2) is 0 Å². The van der Waals surface area contributed by atoms with Crippen molar-refractivity contribution >= 4 is 23.0 Å². The number of piperidine rings is 1. The number of likely N-dealkylation sites (tertiary alicyclic amines) is 1. The lowest BCUT2D eigenvalue weighted by molar-refractivity contribution is -0.135. The summed E-state index contributed by atoms with van der Waals surface area (Å²) in [6, 6.07) is 20.8. The molecular weight excluding hydrogens is 675 g/mol. The van der Waals surface area contributed by atoms with Crippen molar-refractivity contribution in [2.45, 2.75) is 94.8 Å². The van der Waals surface area contributed by atoms with Gasteiger partial charge in [-0.25, -0.2) is 14.8 Å². The Balaban J connectivity index is 0.866. The summed E-state index contributed by atoms with van der Waals surface area (Å²) in [6.45, 7) is 4.59. The number of amides is 2. The van der Waals surface area contributed by atoms with Gasteiger partial charge in [-0.3, -0.25) is 4.79 Å². The van der Waals surface area contributed by atoms with Gasteiger partial charge in [0.2, 0.25) is 5.91 Å². The normalized spacial score (nSPS) is 25.4. The first kappa shape index (κ1) is 32.5. The lowest BCUT2D eigenvalue weighted by Gasteiger charge is -2.30. The van der Waals surface area contributed by atoms with Gasteiger partial charge in [0.1, 0.15) is 17.7 Å². The Morgan fingerprint density at radius 1 is 0.907 bits per heavy atom. The van der Waals surface area contributed by atoms with Crippen molar-refractivity contribution in [1.82, 2.24) is 35.5 Å². The van der Waals surface area contributed by atoms with E-state index in [0.29, 0.717) is 24.5 Å². The first-order chi connectivity index (χ1) is 26.2. The average molecular weight is 722 g/mol. The molecule has 6 aliphatic rings. The van der Waals surface area contributed by atoms with Crippen molar-refractivity contribution < 1.29 is 14.3 Å². The summed E-state index contributed by atoms with van der Waals surface area (Å²) in [7, 11) is 1.33. The summed E-state index contributed by atoms with van der Waals surface area (Å²) >= 11 is 0. The highest BCUT2D eigenvalue weighted by Gasteiger charge is 2.55. The largest absolute Gasteiger partial charge is 0.453 e. The second kappa shape index (κ2) is 11.5. The van der Waals surface area contributed by atoms with Crippen LogP contribution in [0.1, 0.15) is 100 Å². The van der Waals surface area contributed by atoms with Crippen LogP contribution >= 0.6 is 0 Å². The van der Waals surface area contributed by atoms with Gasteiger partial charge in [-0.05, 0) is 132 Å². The second-order valence-electron chi connectivity index (χ2n) is 17.6. The number of aromatic nitrogens is 4. The molecule has 0 radical (unpaired) electrons. The van der Waals surface area contributed by atoms with Crippen LogP contribution in [0.3, 0.4) is 0 Å². The summed E-state index contributed by atoms with van der Waals surface area (Å²) in [5.74, 6) is 2.44. The maximum atomic E-state index is 14.0. The molecule has 10 nitrogen and oxygen atoms in total. The third kappa shape index (κ3) is 4.94. The molecule has 3 saturated carbocycles. The molecule has 2 amide bonds. The van der Waals surface area contributed by atoms with E-state index in [9.17, 15) is 9.59 Å². The standard InChI is InChI=1S/C44H47N7O3/c1-23(2)37(50-42(53)54-3)41(52)51-22-43(12-13-43)20-36(51)39-45-21-35(49-39)26-6-10-30-29-9-5-24(17-31(29)44(14-15-44)32(30)18-26)25-7-11-33-34(19-25)48-40(47-33)38-27-4-8-28(16-27)46-38/h5-7,9-11,17-19,21,23,27-28,36-38,46H,4,8,12-16,20,22H2,1-3H3,(H,45,49)(H,47,48)(H,50,53)/t27-,28+,36-,37-,38-/m0/s1. The van der Waals surface area contributed by atoms with Crippen LogP contribution in [0.5, 0.6) is 0 Å². The molecule has 2 aliphatic heterocycles. The Bertz CT molecular complexity index is 2370. The number of methoxy groups -OCH3 is 1. The predicted molar refractivity (Wildman–Crippen MR) is 206 cm³/mol. The highest BCUT2D eigenvalue weighted by molar-refractivity contribution is 5.89. The maximum absolute atomic E-state index is 14.0. The Morgan fingerprint density at radius 2 is 1.65 bits per heavy atom. The van der Waals surface area contributed by atoms with Crippen LogP contribution in [0.2, 0.25) is 0 Å². The molecule has 2 spiro atoms. The van der Waals surface area contributed by atoms with Gasteiger partial charge in [-0.2, -0.15) is 0 Å². The van der Waals surface area contributed by atoms with Gasteiger partial charge < -0.3 is 30.2 Å². The zero-order valence-electron chi connectivity index (χ0n) is 31.2. The molecule has 2 bridgehead atoms. The number of benzene rings is 3. The monoisotopic (exact) mass is 721 g/mol. The summed E-state index contributed by atoms with van der Waals surface area (Å²) in [5.41, 5.74) is 12.4. The minimum atomic E-state index is -0.660. The van der Waals surface area contributed by atoms with Crippen molar-refractivity contribution in [2.24, 2.45) is 17.3 Å². The highest BCUT2D eigenvalue weighted by Crippen LogP contribution is 2.63. The fraction of sp³-hybridized carbons (Fsp3) is 0.455. The number of fused-ring (bicyclic) bond motifs is 8. The molecule has 5 fully saturated rings. The predicted octanol–water partition coefficient (Wildman–Crippen LogP) is 7.93. The molecule has 4 aliphatic carbocycles. The molecule has 54 heavy (non-hydrogen) atoms. The minimum absolute atomic E-state index is 0.0454. The SMILES string of the molecule is COC(=O)N[C@H](C(=O)N1CC2(CC2)C[C@H]1c1ncc(-c2ccc3c(c2)C2(CC2)c2cc(-c4ccc5nc([C@H]6N[C@@H]7CC[C@H]6C7)[nH]c5c4)ccc2-3)[nH]1)C(C)C. The van der Waals surface area contributed by atoms with Crippen LogP contribution in [-0.4, -0.2) is 62.6 Å². The Labute approximate surface area is 314 Å². The first-order valence-corrected chi connectivity index (χ1v) is 20.0. The van der Waals surface area contributed by atoms with E-state index in [1.165, 1.54) is 59.8 Å². The van der Waals surface area contributed by atoms with Crippen LogP contribution in [-0.2, 0) is 14.9 Å². The van der Waals surface area contributed by atoms with Crippen molar-refractivity contribution in [1.29, 1.82) is 0 Å². The number of hydrogen-bond acceptors (Lipinski definition) is 6. The topological polar surface area (TPSA) is 128 Å². The van der Waals surface area contributed by atoms with E-state index < -0.39 is 12.1 Å². The number of carbonyl (C=O) groups is 2. The number of aromatic amines is 2. The molecule has 2 saturated heterocycles. The molecule has 5 atom stereocenters.